The first-order chi connectivity index (χ1) is 8.35. The fourth-order valence-electron chi connectivity index (χ4n) is 1.40. The summed E-state index contributed by atoms with van der Waals surface area (Å²) in [6.07, 6.45) is 1.71. The van der Waals surface area contributed by atoms with E-state index in [0.29, 0.717) is 0 Å². The highest BCUT2D eigenvalue weighted by molar-refractivity contribution is 7.90. The highest BCUT2D eigenvalue weighted by atomic mass is 32.2. The zero-order chi connectivity index (χ0) is 13.4. The zero-order valence-corrected chi connectivity index (χ0v) is 11.4. The van der Waals surface area contributed by atoms with Gasteiger partial charge in [-0.2, -0.15) is 0 Å². The number of benzene rings is 1. The second-order valence-electron chi connectivity index (χ2n) is 4.07. The van der Waals surface area contributed by atoms with E-state index >= 15 is 0 Å². The molecule has 18 heavy (non-hydrogen) atoms. The van der Waals surface area contributed by atoms with Crippen LogP contribution in [0, 0.1) is 0 Å². The summed E-state index contributed by atoms with van der Waals surface area (Å²) in [4.78, 5) is 0.111. The number of nitrogens with one attached hydrogen (secondary N) is 2. The van der Waals surface area contributed by atoms with Crippen molar-refractivity contribution in [1.29, 1.82) is 0 Å². The normalized spacial score (nSPS) is 16.7. The lowest BCUT2D eigenvalue weighted by atomic mass is 10.4. The van der Waals surface area contributed by atoms with Gasteiger partial charge in [0.2, 0.25) is 20.0 Å². The molecule has 100 valence electrons. The molecule has 0 bridgehead atoms. The zero-order valence-electron chi connectivity index (χ0n) is 9.75. The van der Waals surface area contributed by atoms with Gasteiger partial charge in [-0.1, -0.05) is 0 Å². The van der Waals surface area contributed by atoms with Crippen LogP contribution in [-0.2, 0) is 20.0 Å². The van der Waals surface area contributed by atoms with E-state index in [2.05, 4.69) is 9.44 Å². The van der Waals surface area contributed by atoms with E-state index in [1.165, 1.54) is 31.3 Å². The molecule has 0 radical (unpaired) electrons. The van der Waals surface area contributed by atoms with Crippen molar-refractivity contribution in [1.82, 2.24) is 9.44 Å². The van der Waals surface area contributed by atoms with Gasteiger partial charge in [0.25, 0.3) is 0 Å². The quantitative estimate of drug-likeness (QED) is 0.800. The third-order valence-corrected chi connectivity index (χ3v) is 5.58. The van der Waals surface area contributed by atoms with E-state index in [9.17, 15) is 16.8 Å². The molecule has 0 unspecified atom stereocenters. The first-order valence-corrected chi connectivity index (χ1v) is 8.38. The molecule has 0 saturated heterocycles. The molecule has 0 spiro atoms. The molecule has 1 saturated carbocycles. The summed E-state index contributed by atoms with van der Waals surface area (Å²) in [5, 5.41) is 0. The number of hydrogen-bond acceptors (Lipinski definition) is 4. The molecule has 2 rings (SSSR count). The van der Waals surface area contributed by atoms with Gasteiger partial charge in [0.15, 0.2) is 0 Å². The van der Waals surface area contributed by atoms with Gasteiger partial charge < -0.3 is 0 Å². The summed E-state index contributed by atoms with van der Waals surface area (Å²) in [5.41, 5.74) is 0. The lowest BCUT2D eigenvalue weighted by Crippen LogP contribution is -2.25. The van der Waals surface area contributed by atoms with E-state index in [0.717, 1.165) is 12.8 Å². The van der Waals surface area contributed by atoms with Crippen molar-refractivity contribution in [3.8, 4) is 0 Å². The summed E-state index contributed by atoms with van der Waals surface area (Å²) in [6, 6.07) is 5.14. The fraction of sp³-hybridized carbons (Fsp3) is 0.400. The van der Waals surface area contributed by atoms with Gasteiger partial charge in [0.1, 0.15) is 0 Å². The van der Waals surface area contributed by atoms with E-state index in [1.807, 2.05) is 0 Å². The molecule has 6 nitrogen and oxygen atoms in total. The minimum absolute atomic E-state index is 0.0238. The van der Waals surface area contributed by atoms with Crippen molar-refractivity contribution in [2.24, 2.45) is 0 Å². The van der Waals surface area contributed by atoms with Gasteiger partial charge in [-0.25, -0.2) is 26.3 Å². The van der Waals surface area contributed by atoms with Gasteiger partial charge in [-0.3, -0.25) is 0 Å². The fourth-order valence-corrected chi connectivity index (χ4v) is 3.44. The summed E-state index contributed by atoms with van der Waals surface area (Å²) in [5.74, 6) is 0. The third kappa shape index (κ3) is 2.89. The van der Waals surface area contributed by atoms with E-state index in [-0.39, 0.29) is 15.8 Å². The molecule has 1 fully saturated rings. The predicted octanol–water partition coefficient (Wildman–Crippen LogP) is 0.0354. The molecule has 0 aromatic heterocycles. The molecule has 1 aromatic carbocycles. The third-order valence-electron chi connectivity index (χ3n) is 2.61. The molecule has 0 amide bonds. The van der Waals surface area contributed by atoms with Crippen molar-refractivity contribution in [2.45, 2.75) is 28.7 Å². The standard InChI is InChI=1S/C10H14N2O4S2/c1-11-17(13,14)9-4-6-10(7-5-9)18(15,16)12-8-2-3-8/h4-8,11-12H,2-3H2,1H3. The summed E-state index contributed by atoms with van der Waals surface area (Å²) >= 11 is 0. The minimum atomic E-state index is -3.54. The highest BCUT2D eigenvalue weighted by Crippen LogP contribution is 2.22. The second-order valence-corrected chi connectivity index (χ2v) is 7.68. The molecule has 0 atom stereocenters. The van der Waals surface area contributed by atoms with Gasteiger partial charge in [0, 0.05) is 6.04 Å². The van der Waals surface area contributed by atoms with Crippen LogP contribution in [0.3, 0.4) is 0 Å². The summed E-state index contributed by atoms with van der Waals surface area (Å²) in [6.45, 7) is 0. The van der Waals surface area contributed by atoms with Crippen molar-refractivity contribution < 1.29 is 16.8 Å². The SMILES string of the molecule is CNS(=O)(=O)c1ccc(S(=O)(=O)NC2CC2)cc1. The van der Waals surface area contributed by atoms with E-state index in [4.69, 9.17) is 0 Å². The molecule has 1 aliphatic carbocycles. The van der Waals surface area contributed by atoms with Crippen molar-refractivity contribution >= 4 is 20.0 Å². The monoisotopic (exact) mass is 290 g/mol. The van der Waals surface area contributed by atoms with Crippen LogP contribution >= 0.6 is 0 Å². The Morgan fingerprint density at radius 1 is 0.944 bits per heavy atom. The van der Waals surface area contributed by atoms with Crippen LogP contribution in [-0.4, -0.2) is 29.9 Å². The van der Waals surface area contributed by atoms with E-state index < -0.39 is 20.0 Å². The molecule has 0 heterocycles. The number of sulfonamides is 2. The van der Waals surface area contributed by atoms with Crippen molar-refractivity contribution in [3.05, 3.63) is 24.3 Å². The average molecular weight is 290 g/mol. The second kappa shape index (κ2) is 4.61. The predicted molar refractivity (Wildman–Crippen MR) is 66.0 cm³/mol. The molecule has 8 heteroatoms. The first-order valence-electron chi connectivity index (χ1n) is 5.41. The van der Waals surface area contributed by atoms with Crippen LogP contribution in [0.1, 0.15) is 12.8 Å². The van der Waals surface area contributed by atoms with Crippen molar-refractivity contribution in [2.75, 3.05) is 7.05 Å². The Bertz CT molecular complexity index is 631. The maximum atomic E-state index is 11.8. The number of hydrogen-bond donors (Lipinski definition) is 2. The van der Waals surface area contributed by atoms with Gasteiger partial charge in [-0.15, -0.1) is 0 Å². The van der Waals surface area contributed by atoms with Gasteiger partial charge in [-0.05, 0) is 44.2 Å². The maximum absolute atomic E-state index is 11.8. The first kappa shape index (κ1) is 13.5. The largest absolute Gasteiger partial charge is 0.240 e. The molecular weight excluding hydrogens is 276 g/mol. The maximum Gasteiger partial charge on any atom is 0.240 e. The van der Waals surface area contributed by atoms with Crippen LogP contribution in [0.5, 0.6) is 0 Å². The Morgan fingerprint density at radius 2 is 1.39 bits per heavy atom. The van der Waals surface area contributed by atoms with Crippen LogP contribution < -0.4 is 9.44 Å². The summed E-state index contributed by atoms with van der Waals surface area (Å²) in [7, 11) is -5.77. The molecule has 1 aliphatic rings. The highest BCUT2D eigenvalue weighted by Gasteiger charge is 2.28. The summed E-state index contributed by atoms with van der Waals surface area (Å²) < 4.78 is 51.3. The van der Waals surface area contributed by atoms with Crippen LogP contribution in [0.25, 0.3) is 0 Å². The van der Waals surface area contributed by atoms with Crippen LogP contribution in [0.4, 0.5) is 0 Å². The lowest BCUT2D eigenvalue weighted by molar-refractivity contribution is 0.579. The Kier molecular flexibility index (Phi) is 3.45. The Labute approximate surface area is 107 Å². The van der Waals surface area contributed by atoms with Crippen LogP contribution in [0.2, 0.25) is 0 Å². The van der Waals surface area contributed by atoms with Crippen LogP contribution in [0.15, 0.2) is 34.1 Å². The van der Waals surface area contributed by atoms with Crippen molar-refractivity contribution in [3.63, 3.8) is 0 Å². The molecule has 2 N–H and O–H groups in total. The minimum Gasteiger partial charge on any atom is -0.214 e. The average Bonchev–Trinajstić information content (AvgIpc) is 3.12. The Hall–Kier alpha value is -0.960. The van der Waals surface area contributed by atoms with Gasteiger partial charge >= 0.3 is 0 Å². The number of rotatable bonds is 5. The molecular formula is C10H14N2O4S2. The topological polar surface area (TPSA) is 92.3 Å². The van der Waals surface area contributed by atoms with E-state index in [1.54, 1.807) is 0 Å². The lowest BCUT2D eigenvalue weighted by Gasteiger charge is -2.06. The molecule has 0 aliphatic heterocycles. The van der Waals surface area contributed by atoms with Gasteiger partial charge in [0.05, 0.1) is 9.79 Å². The molecule has 1 aromatic rings. The smallest absolute Gasteiger partial charge is 0.214 e. The Morgan fingerprint density at radius 3 is 1.78 bits per heavy atom. The Balaban J connectivity index is 2.27.